The van der Waals surface area contributed by atoms with Crippen molar-refractivity contribution >= 4 is 21.6 Å². The fraction of sp³-hybridized carbons (Fsp3) is 0.312. The molecule has 4 aromatic rings. The fourth-order valence-electron chi connectivity index (χ4n) is 5.88. The van der Waals surface area contributed by atoms with E-state index in [0.717, 1.165) is 40.9 Å². The van der Waals surface area contributed by atoms with E-state index in [4.69, 9.17) is 0 Å². The molecule has 0 saturated heterocycles. The number of sulfonamides is 1. The number of imidazole rings is 1. The lowest BCUT2D eigenvalue weighted by molar-refractivity contribution is -0.120. The van der Waals surface area contributed by atoms with Gasteiger partial charge in [0.05, 0.1) is 11.4 Å². The van der Waals surface area contributed by atoms with Crippen molar-refractivity contribution in [3.05, 3.63) is 113 Å². The quantitative estimate of drug-likeness (QED) is 0.300. The Morgan fingerprint density at radius 2 is 1.95 bits per heavy atom. The van der Waals surface area contributed by atoms with Crippen LogP contribution in [-0.2, 0) is 34.8 Å². The van der Waals surface area contributed by atoms with Crippen LogP contribution in [-0.4, -0.2) is 23.9 Å². The molecule has 7 nitrogen and oxygen atoms in total. The standard InChI is InChI=1S/C32H33FN4O3S/c1-21-6-3-10-26(16-21)41(39,40)35-30-11-5-7-22-12-13-25(18-28(22)30)37(20-31-34-14-15-36(31)2)32(38)29-19-27(29)23-8-4-9-24(33)17-23/h3-4,6,8-10,12-18,27,29-30,35H,5,7,11,19-20H2,1-2H3/t27-,29+,30-/m0/s1. The minimum absolute atomic E-state index is 0.0337. The van der Waals surface area contributed by atoms with E-state index in [1.807, 2.05) is 55.1 Å². The summed E-state index contributed by atoms with van der Waals surface area (Å²) in [5, 5.41) is 0. The van der Waals surface area contributed by atoms with Gasteiger partial charge in [-0.1, -0.05) is 30.3 Å². The Hall–Kier alpha value is -3.82. The number of halogens is 1. The van der Waals surface area contributed by atoms with Gasteiger partial charge >= 0.3 is 0 Å². The second-order valence-electron chi connectivity index (χ2n) is 11.1. The molecule has 0 spiro atoms. The van der Waals surface area contributed by atoms with Gasteiger partial charge in [0.25, 0.3) is 0 Å². The van der Waals surface area contributed by atoms with Gasteiger partial charge in [-0.05, 0) is 97.2 Å². The predicted molar refractivity (Wildman–Crippen MR) is 155 cm³/mol. The molecule has 0 aliphatic heterocycles. The zero-order valence-electron chi connectivity index (χ0n) is 23.1. The topological polar surface area (TPSA) is 84.3 Å². The molecule has 9 heteroatoms. The van der Waals surface area contributed by atoms with Gasteiger partial charge in [0.15, 0.2) is 0 Å². The summed E-state index contributed by atoms with van der Waals surface area (Å²) in [7, 11) is -1.85. The summed E-state index contributed by atoms with van der Waals surface area (Å²) in [6, 6.07) is 18.8. The molecule has 1 N–H and O–H groups in total. The van der Waals surface area contributed by atoms with Crippen molar-refractivity contribution in [2.75, 3.05) is 4.90 Å². The van der Waals surface area contributed by atoms with Gasteiger partial charge in [-0.2, -0.15) is 0 Å². The fourth-order valence-corrected chi connectivity index (χ4v) is 7.23. The van der Waals surface area contributed by atoms with Crippen LogP contribution in [0, 0.1) is 18.7 Å². The average Bonchev–Trinajstić information content (AvgIpc) is 3.66. The minimum Gasteiger partial charge on any atom is -0.337 e. The number of benzene rings is 3. The van der Waals surface area contributed by atoms with Crippen LogP contribution >= 0.6 is 0 Å². The molecule has 1 heterocycles. The lowest BCUT2D eigenvalue weighted by Gasteiger charge is -2.29. The molecule has 6 rings (SSSR count). The normalized spacial score (nSPS) is 19.9. The Kier molecular flexibility index (Phi) is 7.25. The van der Waals surface area contributed by atoms with Gasteiger partial charge in [-0.3, -0.25) is 4.79 Å². The van der Waals surface area contributed by atoms with E-state index in [1.165, 1.54) is 12.1 Å². The zero-order chi connectivity index (χ0) is 28.7. The number of fused-ring (bicyclic) bond motifs is 1. The van der Waals surface area contributed by atoms with Crippen molar-refractivity contribution in [1.82, 2.24) is 14.3 Å². The number of carbonyl (C=O) groups excluding carboxylic acids is 1. The Balaban J connectivity index is 1.32. The van der Waals surface area contributed by atoms with E-state index < -0.39 is 16.1 Å². The minimum atomic E-state index is -3.74. The third-order valence-electron chi connectivity index (χ3n) is 8.22. The highest BCUT2D eigenvalue weighted by Gasteiger charge is 2.46. The molecular formula is C32H33FN4O3S. The number of hydrogen-bond donors (Lipinski definition) is 1. The highest BCUT2D eigenvalue weighted by atomic mass is 32.2. The summed E-state index contributed by atoms with van der Waals surface area (Å²) in [6.45, 7) is 2.14. The molecule has 212 valence electrons. The first kappa shape index (κ1) is 27.4. The Labute approximate surface area is 240 Å². The molecule has 1 aromatic heterocycles. The van der Waals surface area contributed by atoms with E-state index in [-0.39, 0.29) is 35.0 Å². The zero-order valence-corrected chi connectivity index (χ0v) is 23.9. The summed E-state index contributed by atoms with van der Waals surface area (Å²) in [5.74, 6) is 0.0854. The van der Waals surface area contributed by atoms with E-state index in [2.05, 4.69) is 9.71 Å². The first-order chi connectivity index (χ1) is 19.7. The molecular weight excluding hydrogens is 539 g/mol. The van der Waals surface area contributed by atoms with E-state index >= 15 is 0 Å². The number of carbonyl (C=O) groups is 1. The molecule has 1 saturated carbocycles. The molecule has 3 atom stereocenters. The maximum absolute atomic E-state index is 14.0. The van der Waals surface area contributed by atoms with Crippen molar-refractivity contribution < 1.29 is 17.6 Å². The predicted octanol–water partition coefficient (Wildman–Crippen LogP) is 5.56. The molecule has 41 heavy (non-hydrogen) atoms. The number of anilines is 1. The average molecular weight is 573 g/mol. The van der Waals surface area contributed by atoms with Gasteiger partial charge in [-0.15, -0.1) is 0 Å². The van der Waals surface area contributed by atoms with Crippen LogP contribution in [0.5, 0.6) is 0 Å². The van der Waals surface area contributed by atoms with Crippen molar-refractivity contribution in [3.63, 3.8) is 0 Å². The van der Waals surface area contributed by atoms with Crippen LogP contribution in [0.4, 0.5) is 10.1 Å². The van der Waals surface area contributed by atoms with E-state index in [0.29, 0.717) is 18.5 Å². The number of aromatic nitrogens is 2. The summed E-state index contributed by atoms with van der Waals surface area (Å²) < 4.78 is 45.3. The highest BCUT2D eigenvalue weighted by Crippen LogP contribution is 2.49. The highest BCUT2D eigenvalue weighted by molar-refractivity contribution is 7.89. The van der Waals surface area contributed by atoms with E-state index in [9.17, 15) is 17.6 Å². The van der Waals surface area contributed by atoms with Crippen molar-refractivity contribution in [2.45, 2.75) is 56.0 Å². The van der Waals surface area contributed by atoms with Crippen LogP contribution in [0.2, 0.25) is 0 Å². The number of nitrogens with zero attached hydrogens (tertiary/aromatic N) is 3. The second kappa shape index (κ2) is 10.9. The van der Waals surface area contributed by atoms with Gasteiger partial charge in [0.1, 0.15) is 11.6 Å². The van der Waals surface area contributed by atoms with Crippen LogP contribution in [0.15, 0.2) is 84.0 Å². The lowest BCUT2D eigenvalue weighted by Crippen LogP contribution is -2.34. The summed E-state index contributed by atoms with van der Waals surface area (Å²) in [6.07, 6.45) is 6.57. The van der Waals surface area contributed by atoms with Gasteiger partial charge in [0.2, 0.25) is 15.9 Å². The van der Waals surface area contributed by atoms with Crippen LogP contribution < -0.4 is 9.62 Å². The van der Waals surface area contributed by atoms with Crippen molar-refractivity contribution in [1.29, 1.82) is 0 Å². The largest absolute Gasteiger partial charge is 0.337 e. The van der Waals surface area contributed by atoms with Crippen LogP contribution in [0.25, 0.3) is 0 Å². The number of amides is 1. The first-order valence-corrected chi connectivity index (χ1v) is 15.4. The number of hydrogen-bond acceptors (Lipinski definition) is 4. The van der Waals surface area contributed by atoms with Crippen molar-refractivity contribution in [3.8, 4) is 0 Å². The van der Waals surface area contributed by atoms with Gasteiger partial charge in [-0.25, -0.2) is 22.5 Å². The Morgan fingerprint density at radius 3 is 2.71 bits per heavy atom. The lowest BCUT2D eigenvalue weighted by atomic mass is 9.87. The molecule has 3 aromatic carbocycles. The Morgan fingerprint density at radius 1 is 1.12 bits per heavy atom. The molecule has 0 radical (unpaired) electrons. The second-order valence-corrected chi connectivity index (χ2v) is 12.9. The summed E-state index contributed by atoms with van der Waals surface area (Å²) in [4.78, 5) is 20.4. The third-order valence-corrected chi connectivity index (χ3v) is 9.69. The van der Waals surface area contributed by atoms with Gasteiger partial charge < -0.3 is 9.47 Å². The van der Waals surface area contributed by atoms with Crippen molar-refractivity contribution in [2.24, 2.45) is 13.0 Å². The maximum Gasteiger partial charge on any atom is 0.241 e. The molecule has 2 aliphatic carbocycles. The van der Waals surface area contributed by atoms with Crippen LogP contribution in [0.3, 0.4) is 0 Å². The number of aryl methyl sites for hydroxylation is 3. The van der Waals surface area contributed by atoms with E-state index in [1.54, 1.807) is 35.4 Å². The number of nitrogens with one attached hydrogen (secondary N) is 1. The summed E-state index contributed by atoms with van der Waals surface area (Å²) in [5.41, 5.74) is 4.37. The van der Waals surface area contributed by atoms with Crippen LogP contribution in [0.1, 0.15) is 59.3 Å². The monoisotopic (exact) mass is 572 g/mol. The first-order valence-electron chi connectivity index (χ1n) is 13.9. The maximum atomic E-state index is 14.0. The number of rotatable bonds is 8. The third kappa shape index (κ3) is 5.69. The Bertz CT molecular complexity index is 1720. The molecule has 2 aliphatic rings. The van der Waals surface area contributed by atoms with Gasteiger partial charge in [0, 0.05) is 37.1 Å². The SMILES string of the molecule is Cc1cccc(S(=O)(=O)N[C@H]2CCCc3ccc(N(Cc4nccn4C)C(=O)[C@@H]4C[C@H]4c4cccc(F)c4)cc32)c1. The molecule has 0 unspecified atom stereocenters. The summed E-state index contributed by atoms with van der Waals surface area (Å²) >= 11 is 0. The molecule has 1 fully saturated rings. The smallest absolute Gasteiger partial charge is 0.241 e. The molecule has 1 amide bonds. The molecule has 0 bridgehead atoms.